The highest BCUT2D eigenvalue weighted by Crippen LogP contribution is 2.29. The zero-order valence-corrected chi connectivity index (χ0v) is 13.8. The maximum Gasteiger partial charge on any atom is 0.254 e. The third-order valence-electron chi connectivity index (χ3n) is 4.12. The molecule has 112 valence electrons. The minimum absolute atomic E-state index is 0.0655. The van der Waals surface area contributed by atoms with Gasteiger partial charge in [0.05, 0.1) is 10.8 Å². The Hall–Kier alpha value is -0.880. The first-order valence-electron chi connectivity index (χ1n) is 6.81. The van der Waals surface area contributed by atoms with Crippen molar-refractivity contribution in [2.75, 3.05) is 13.3 Å². The van der Waals surface area contributed by atoms with Crippen LogP contribution >= 0.6 is 11.3 Å². The fraction of sp³-hybridized carbons (Fsp3) is 0.643. The Kier molecular flexibility index (Phi) is 4.54. The van der Waals surface area contributed by atoms with Gasteiger partial charge in [-0.05, 0) is 30.7 Å². The molecular weight excluding hydrogens is 294 g/mol. The SMILES string of the molecule is Cc1cscc1C(=O)N(C)[C@H]1CCCC[C@@H]1S(C)(=O)=O. The predicted molar refractivity (Wildman–Crippen MR) is 82.0 cm³/mol. The summed E-state index contributed by atoms with van der Waals surface area (Å²) in [6.45, 7) is 1.91. The molecule has 0 aromatic carbocycles. The second kappa shape index (κ2) is 5.85. The van der Waals surface area contributed by atoms with E-state index < -0.39 is 15.1 Å². The molecule has 1 aliphatic carbocycles. The number of hydrogen-bond acceptors (Lipinski definition) is 4. The van der Waals surface area contributed by atoms with Crippen LogP contribution < -0.4 is 0 Å². The zero-order chi connectivity index (χ0) is 14.9. The largest absolute Gasteiger partial charge is 0.337 e. The van der Waals surface area contributed by atoms with Crippen molar-refractivity contribution < 1.29 is 13.2 Å². The van der Waals surface area contributed by atoms with Gasteiger partial charge in [0.25, 0.3) is 5.91 Å². The van der Waals surface area contributed by atoms with Gasteiger partial charge in [0.15, 0.2) is 9.84 Å². The fourth-order valence-corrected chi connectivity index (χ4v) is 5.25. The third-order valence-corrected chi connectivity index (χ3v) is 6.63. The lowest BCUT2D eigenvalue weighted by atomic mass is 9.93. The molecule has 1 fully saturated rings. The highest BCUT2D eigenvalue weighted by molar-refractivity contribution is 7.91. The summed E-state index contributed by atoms with van der Waals surface area (Å²) in [6.07, 6.45) is 4.61. The molecular formula is C14H21NO3S2. The molecule has 0 bridgehead atoms. The van der Waals surface area contributed by atoms with Gasteiger partial charge in [-0.25, -0.2) is 8.42 Å². The first kappa shape index (κ1) is 15.5. The summed E-state index contributed by atoms with van der Waals surface area (Å²) in [5.74, 6) is -0.0655. The van der Waals surface area contributed by atoms with Crippen molar-refractivity contribution in [1.82, 2.24) is 4.90 Å². The van der Waals surface area contributed by atoms with Gasteiger partial charge in [-0.1, -0.05) is 12.8 Å². The van der Waals surface area contributed by atoms with E-state index in [2.05, 4.69) is 0 Å². The van der Waals surface area contributed by atoms with Gasteiger partial charge in [0, 0.05) is 24.7 Å². The van der Waals surface area contributed by atoms with Gasteiger partial charge in [-0.15, -0.1) is 0 Å². The maximum atomic E-state index is 12.5. The molecule has 1 saturated carbocycles. The van der Waals surface area contributed by atoms with E-state index in [1.54, 1.807) is 11.9 Å². The molecule has 0 saturated heterocycles. The molecule has 2 atom stereocenters. The Bertz CT molecular complexity index is 591. The number of rotatable bonds is 3. The van der Waals surface area contributed by atoms with Crippen LogP contribution in [0.2, 0.25) is 0 Å². The normalized spacial score (nSPS) is 23.6. The van der Waals surface area contributed by atoms with Crippen molar-refractivity contribution in [3.8, 4) is 0 Å². The average Bonchev–Trinajstić information content (AvgIpc) is 2.82. The van der Waals surface area contributed by atoms with Crippen LogP contribution in [0.4, 0.5) is 0 Å². The van der Waals surface area contributed by atoms with Crippen molar-refractivity contribution in [3.05, 3.63) is 21.9 Å². The lowest BCUT2D eigenvalue weighted by molar-refractivity contribution is 0.0700. The van der Waals surface area contributed by atoms with E-state index in [1.807, 2.05) is 17.7 Å². The molecule has 0 aliphatic heterocycles. The van der Waals surface area contributed by atoms with Crippen molar-refractivity contribution in [2.45, 2.75) is 43.9 Å². The number of amides is 1. The highest BCUT2D eigenvalue weighted by atomic mass is 32.2. The molecule has 0 N–H and O–H groups in total. The highest BCUT2D eigenvalue weighted by Gasteiger charge is 2.37. The first-order chi connectivity index (χ1) is 9.32. The number of carbonyl (C=O) groups is 1. The molecule has 1 heterocycles. The Morgan fingerprint density at radius 2 is 1.95 bits per heavy atom. The Morgan fingerprint density at radius 3 is 2.50 bits per heavy atom. The van der Waals surface area contributed by atoms with E-state index in [4.69, 9.17) is 0 Å². The lowest BCUT2D eigenvalue weighted by Crippen LogP contribution is -2.49. The molecule has 1 aromatic heterocycles. The quantitative estimate of drug-likeness (QED) is 0.861. The number of carbonyl (C=O) groups excluding carboxylic acids is 1. The Morgan fingerprint density at radius 1 is 1.30 bits per heavy atom. The summed E-state index contributed by atoms with van der Waals surface area (Å²) >= 11 is 1.50. The predicted octanol–water partition coefficient (Wildman–Crippen LogP) is 2.48. The molecule has 4 nitrogen and oxygen atoms in total. The van der Waals surface area contributed by atoms with Crippen LogP contribution in [-0.4, -0.2) is 43.8 Å². The summed E-state index contributed by atoms with van der Waals surface area (Å²) in [5.41, 5.74) is 1.65. The van der Waals surface area contributed by atoms with Crippen LogP contribution in [0, 0.1) is 6.92 Å². The first-order valence-corrected chi connectivity index (χ1v) is 9.71. The Balaban J connectivity index is 2.24. The Labute approximate surface area is 124 Å². The zero-order valence-electron chi connectivity index (χ0n) is 12.1. The number of thiophene rings is 1. The molecule has 1 aliphatic rings. The topological polar surface area (TPSA) is 54.5 Å². The summed E-state index contributed by atoms with van der Waals surface area (Å²) in [4.78, 5) is 14.2. The van der Waals surface area contributed by atoms with Crippen LogP contribution in [0.5, 0.6) is 0 Å². The molecule has 20 heavy (non-hydrogen) atoms. The van der Waals surface area contributed by atoms with Gasteiger partial charge in [0.2, 0.25) is 0 Å². The standard InChI is InChI=1S/C14H21NO3S2/c1-10-8-19-9-11(10)14(16)15(2)12-6-4-5-7-13(12)20(3,17)18/h8-9,12-13H,4-7H2,1-3H3/t12-,13-/m0/s1. The van der Waals surface area contributed by atoms with Crippen LogP contribution in [0.3, 0.4) is 0 Å². The summed E-state index contributed by atoms with van der Waals surface area (Å²) < 4.78 is 23.9. The van der Waals surface area contributed by atoms with E-state index in [1.165, 1.54) is 17.6 Å². The maximum absolute atomic E-state index is 12.5. The van der Waals surface area contributed by atoms with E-state index >= 15 is 0 Å². The van der Waals surface area contributed by atoms with Crippen molar-refractivity contribution in [2.24, 2.45) is 0 Å². The van der Waals surface area contributed by atoms with E-state index in [-0.39, 0.29) is 11.9 Å². The summed E-state index contributed by atoms with van der Waals surface area (Å²) in [5, 5.41) is 3.35. The number of aryl methyl sites for hydroxylation is 1. The van der Waals surface area contributed by atoms with Crippen LogP contribution in [0.25, 0.3) is 0 Å². The van der Waals surface area contributed by atoms with Crippen LogP contribution in [0.15, 0.2) is 10.8 Å². The van der Waals surface area contributed by atoms with Crippen molar-refractivity contribution in [3.63, 3.8) is 0 Å². The van der Waals surface area contributed by atoms with Gasteiger partial charge in [0.1, 0.15) is 0 Å². The van der Waals surface area contributed by atoms with E-state index in [0.717, 1.165) is 24.8 Å². The number of sulfone groups is 1. The number of hydrogen-bond donors (Lipinski definition) is 0. The molecule has 2 rings (SSSR count). The van der Waals surface area contributed by atoms with E-state index in [9.17, 15) is 13.2 Å². The van der Waals surface area contributed by atoms with Crippen LogP contribution in [-0.2, 0) is 9.84 Å². The summed E-state index contributed by atoms with van der Waals surface area (Å²) in [7, 11) is -1.39. The van der Waals surface area contributed by atoms with Gasteiger partial charge in [-0.3, -0.25) is 4.79 Å². The average molecular weight is 315 g/mol. The molecule has 1 aromatic rings. The van der Waals surface area contributed by atoms with Crippen molar-refractivity contribution in [1.29, 1.82) is 0 Å². The monoisotopic (exact) mass is 315 g/mol. The number of nitrogens with zero attached hydrogens (tertiary/aromatic N) is 1. The molecule has 0 radical (unpaired) electrons. The fourth-order valence-electron chi connectivity index (χ4n) is 2.94. The minimum atomic E-state index is -3.12. The van der Waals surface area contributed by atoms with Gasteiger partial charge < -0.3 is 4.90 Å². The lowest BCUT2D eigenvalue weighted by Gasteiger charge is -2.37. The van der Waals surface area contributed by atoms with Crippen molar-refractivity contribution >= 4 is 27.1 Å². The third kappa shape index (κ3) is 3.06. The van der Waals surface area contributed by atoms with Crippen LogP contribution in [0.1, 0.15) is 41.6 Å². The molecule has 0 unspecified atom stereocenters. The second-order valence-corrected chi connectivity index (χ2v) is 8.61. The minimum Gasteiger partial charge on any atom is -0.337 e. The van der Waals surface area contributed by atoms with Gasteiger partial charge in [-0.2, -0.15) is 11.3 Å². The van der Waals surface area contributed by atoms with Gasteiger partial charge >= 0.3 is 0 Å². The molecule has 1 amide bonds. The van der Waals surface area contributed by atoms with E-state index in [0.29, 0.717) is 12.0 Å². The summed E-state index contributed by atoms with van der Waals surface area (Å²) in [6, 6.07) is -0.203. The smallest absolute Gasteiger partial charge is 0.254 e. The molecule has 6 heteroatoms. The molecule has 0 spiro atoms. The second-order valence-electron chi connectivity index (χ2n) is 5.60.